The number of para-hydroxylation sites is 1. The van der Waals surface area contributed by atoms with Gasteiger partial charge >= 0.3 is 0 Å². The van der Waals surface area contributed by atoms with E-state index in [0.717, 1.165) is 6.54 Å². The van der Waals surface area contributed by atoms with Crippen molar-refractivity contribution in [3.8, 4) is 17.2 Å². The number of carbonyl (C=O) groups is 2. The Hall–Kier alpha value is -3.78. The highest BCUT2D eigenvalue weighted by atomic mass is 16.5. The zero-order chi connectivity index (χ0) is 25.5. The Morgan fingerprint density at radius 2 is 1.83 bits per heavy atom. The van der Waals surface area contributed by atoms with E-state index in [4.69, 9.17) is 14.2 Å². The molecule has 0 spiro atoms. The van der Waals surface area contributed by atoms with E-state index in [-0.39, 0.29) is 11.3 Å². The Labute approximate surface area is 206 Å². The number of methoxy groups -OCH3 is 2. The van der Waals surface area contributed by atoms with Crippen LogP contribution in [0, 0.1) is 0 Å². The van der Waals surface area contributed by atoms with Crippen molar-refractivity contribution in [2.45, 2.75) is 12.5 Å². The number of carbonyl (C=O) groups excluding carboxylic acids is 2. The van der Waals surface area contributed by atoms with Crippen molar-refractivity contribution in [3.05, 3.63) is 71.8 Å². The van der Waals surface area contributed by atoms with Crippen LogP contribution in [0.5, 0.6) is 17.2 Å². The van der Waals surface area contributed by atoms with Crippen LogP contribution in [0.2, 0.25) is 0 Å². The molecule has 0 aromatic heterocycles. The fourth-order valence-corrected chi connectivity index (χ4v) is 4.14. The minimum Gasteiger partial charge on any atom is -0.507 e. The summed E-state index contributed by atoms with van der Waals surface area (Å²) in [6.07, 6.45) is 2.28. The van der Waals surface area contributed by atoms with E-state index in [1.165, 1.54) is 19.1 Å². The average Bonchev–Trinajstić information content (AvgIpc) is 3.11. The normalized spacial score (nSPS) is 17.1. The van der Waals surface area contributed by atoms with E-state index in [1.807, 2.05) is 19.0 Å². The molecule has 35 heavy (non-hydrogen) atoms. The van der Waals surface area contributed by atoms with Gasteiger partial charge in [-0.15, -0.1) is 0 Å². The Kier molecular flexibility index (Phi) is 8.54. The summed E-state index contributed by atoms with van der Waals surface area (Å²) in [5, 5.41) is 11.3. The minimum absolute atomic E-state index is 0.00571. The van der Waals surface area contributed by atoms with Crippen LogP contribution in [0.15, 0.2) is 60.7 Å². The van der Waals surface area contributed by atoms with Gasteiger partial charge < -0.3 is 29.1 Å². The minimum atomic E-state index is -0.834. The topological polar surface area (TPSA) is 88.5 Å². The number of nitrogens with zero attached hydrogens (tertiary/aromatic N) is 2. The van der Waals surface area contributed by atoms with Gasteiger partial charge in [0.25, 0.3) is 11.7 Å². The lowest BCUT2D eigenvalue weighted by Gasteiger charge is -2.27. The second kappa shape index (κ2) is 11.6. The summed E-state index contributed by atoms with van der Waals surface area (Å²) in [7, 11) is 6.91. The van der Waals surface area contributed by atoms with E-state index < -0.39 is 17.7 Å². The molecule has 8 heteroatoms. The van der Waals surface area contributed by atoms with Gasteiger partial charge in [-0.2, -0.15) is 0 Å². The molecule has 1 amide bonds. The first-order valence-corrected chi connectivity index (χ1v) is 11.3. The summed E-state index contributed by atoms with van der Waals surface area (Å²) < 4.78 is 16.6. The van der Waals surface area contributed by atoms with Crippen LogP contribution in [0.1, 0.15) is 23.6 Å². The van der Waals surface area contributed by atoms with Gasteiger partial charge in [-0.05, 0) is 57.4 Å². The summed E-state index contributed by atoms with van der Waals surface area (Å²) >= 11 is 0. The van der Waals surface area contributed by atoms with E-state index in [2.05, 4.69) is 6.58 Å². The van der Waals surface area contributed by atoms with Crippen molar-refractivity contribution in [2.24, 2.45) is 0 Å². The third kappa shape index (κ3) is 5.49. The molecule has 1 heterocycles. The smallest absolute Gasteiger partial charge is 0.295 e. The molecule has 186 valence electrons. The zero-order valence-corrected chi connectivity index (χ0v) is 20.6. The molecule has 2 aromatic rings. The van der Waals surface area contributed by atoms with Gasteiger partial charge in [-0.1, -0.05) is 24.8 Å². The van der Waals surface area contributed by atoms with E-state index in [1.54, 1.807) is 48.5 Å². The van der Waals surface area contributed by atoms with Gasteiger partial charge in [0.1, 0.15) is 18.1 Å². The van der Waals surface area contributed by atoms with E-state index in [0.29, 0.717) is 47.9 Å². The molecule has 1 fully saturated rings. The molecule has 0 saturated carbocycles. The lowest BCUT2D eigenvalue weighted by molar-refractivity contribution is -0.140. The van der Waals surface area contributed by atoms with Crippen LogP contribution in [-0.4, -0.2) is 74.6 Å². The van der Waals surface area contributed by atoms with E-state index >= 15 is 0 Å². The van der Waals surface area contributed by atoms with Crippen LogP contribution in [0.25, 0.3) is 5.76 Å². The molecule has 1 atom stereocenters. The molecule has 1 unspecified atom stereocenters. The van der Waals surface area contributed by atoms with Crippen LogP contribution in [0.4, 0.5) is 0 Å². The number of aliphatic hydroxyl groups excluding tert-OH is 1. The number of likely N-dealkylation sites (tertiary alicyclic amines) is 1. The fraction of sp³-hybridized carbons (Fsp3) is 0.333. The van der Waals surface area contributed by atoms with Crippen molar-refractivity contribution in [1.82, 2.24) is 9.80 Å². The SMILES string of the molecule is C=CCOc1ccc(/C(O)=C2\C(=O)C(=O)N(CCCN(C)C)C2c2cccc(OC)c2OC)cc1. The number of hydrogen-bond donors (Lipinski definition) is 1. The van der Waals surface area contributed by atoms with Crippen molar-refractivity contribution < 1.29 is 28.9 Å². The molecule has 2 aromatic carbocycles. The summed E-state index contributed by atoms with van der Waals surface area (Å²) in [5.41, 5.74) is 0.962. The Bertz CT molecular complexity index is 1110. The van der Waals surface area contributed by atoms with Crippen LogP contribution >= 0.6 is 0 Å². The third-order valence-electron chi connectivity index (χ3n) is 5.77. The van der Waals surface area contributed by atoms with Crippen molar-refractivity contribution in [3.63, 3.8) is 0 Å². The van der Waals surface area contributed by atoms with Crippen LogP contribution < -0.4 is 14.2 Å². The molecule has 8 nitrogen and oxygen atoms in total. The molecule has 1 N–H and O–H groups in total. The maximum absolute atomic E-state index is 13.2. The highest BCUT2D eigenvalue weighted by Gasteiger charge is 2.47. The van der Waals surface area contributed by atoms with Gasteiger partial charge in [0, 0.05) is 17.7 Å². The highest BCUT2D eigenvalue weighted by Crippen LogP contribution is 2.45. The first-order valence-electron chi connectivity index (χ1n) is 11.3. The number of aliphatic hydroxyl groups is 1. The van der Waals surface area contributed by atoms with Gasteiger partial charge in [-0.25, -0.2) is 0 Å². The van der Waals surface area contributed by atoms with E-state index in [9.17, 15) is 14.7 Å². The number of ketones is 1. The molecule has 1 aliphatic heterocycles. The van der Waals surface area contributed by atoms with Crippen LogP contribution in [-0.2, 0) is 9.59 Å². The second-order valence-corrected chi connectivity index (χ2v) is 8.36. The van der Waals surface area contributed by atoms with Gasteiger partial charge in [0.15, 0.2) is 11.5 Å². The molecule has 1 saturated heterocycles. The predicted molar refractivity (Wildman–Crippen MR) is 134 cm³/mol. The predicted octanol–water partition coefficient (Wildman–Crippen LogP) is 3.64. The first-order chi connectivity index (χ1) is 16.8. The van der Waals surface area contributed by atoms with Gasteiger partial charge in [-0.3, -0.25) is 9.59 Å². The standard InChI is InChI=1S/C27H32N2O6/c1-6-17-35-19-13-11-18(12-14-19)24(30)22-23(20-9-7-10-21(33-4)26(20)34-5)29(27(32)25(22)31)16-8-15-28(2)3/h6-7,9-14,23,30H,1,8,15-17H2,2-5H3/b24-22+. The Balaban J connectivity index is 2.13. The maximum Gasteiger partial charge on any atom is 0.295 e. The Morgan fingerprint density at radius 3 is 2.43 bits per heavy atom. The lowest BCUT2D eigenvalue weighted by Crippen LogP contribution is -2.32. The first kappa shape index (κ1) is 25.8. The average molecular weight is 481 g/mol. The third-order valence-corrected chi connectivity index (χ3v) is 5.77. The number of Topliss-reactive ketones (excluding diaryl/α,β-unsaturated/α-hetero) is 1. The molecular weight excluding hydrogens is 448 g/mol. The lowest BCUT2D eigenvalue weighted by atomic mass is 9.94. The van der Waals surface area contributed by atoms with Gasteiger partial charge in [0.05, 0.1) is 25.8 Å². The zero-order valence-electron chi connectivity index (χ0n) is 20.6. The molecule has 0 bridgehead atoms. The molecule has 0 radical (unpaired) electrons. The summed E-state index contributed by atoms with van der Waals surface area (Å²) in [4.78, 5) is 29.9. The van der Waals surface area contributed by atoms with Crippen molar-refractivity contribution in [1.29, 1.82) is 0 Å². The number of benzene rings is 2. The summed E-state index contributed by atoms with van der Waals surface area (Å²) in [6.45, 7) is 5.03. The number of ether oxygens (including phenoxy) is 3. The monoisotopic (exact) mass is 480 g/mol. The fourth-order valence-electron chi connectivity index (χ4n) is 4.14. The number of amides is 1. The molecule has 0 aliphatic carbocycles. The quantitative estimate of drug-likeness (QED) is 0.227. The number of hydrogen-bond acceptors (Lipinski definition) is 7. The summed E-state index contributed by atoms with van der Waals surface area (Å²) in [5.74, 6) is -0.202. The highest BCUT2D eigenvalue weighted by molar-refractivity contribution is 6.46. The molecular formula is C27H32N2O6. The second-order valence-electron chi connectivity index (χ2n) is 8.36. The Morgan fingerprint density at radius 1 is 1.11 bits per heavy atom. The van der Waals surface area contributed by atoms with Crippen molar-refractivity contribution in [2.75, 3.05) is 48.0 Å². The molecule has 3 rings (SSSR count). The number of rotatable bonds is 11. The van der Waals surface area contributed by atoms with Crippen molar-refractivity contribution >= 4 is 17.4 Å². The maximum atomic E-state index is 13.2. The summed E-state index contributed by atoms with van der Waals surface area (Å²) in [6, 6.07) is 11.1. The van der Waals surface area contributed by atoms with Gasteiger partial charge in [0.2, 0.25) is 0 Å². The van der Waals surface area contributed by atoms with Crippen LogP contribution in [0.3, 0.4) is 0 Å². The largest absolute Gasteiger partial charge is 0.507 e. The molecule has 1 aliphatic rings.